The first-order valence-corrected chi connectivity index (χ1v) is 7.32. The summed E-state index contributed by atoms with van der Waals surface area (Å²) >= 11 is 0. The maximum absolute atomic E-state index is 11.6. The van der Waals surface area contributed by atoms with Gasteiger partial charge >= 0.3 is 0 Å². The van der Waals surface area contributed by atoms with Gasteiger partial charge in [-0.05, 0) is 31.9 Å². The van der Waals surface area contributed by atoms with Crippen molar-refractivity contribution in [1.29, 1.82) is 0 Å². The van der Waals surface area contributed by atoms with Crippen LogP contribution in [0.4, 0.5) is 0 Å². The van der Waals surface area contributed by atoms with Crippen molar-refractivity contribution in [3.05, 3.63) is 18.0 Å². The van der Waals surface area contributed by atoms with E-state index in [0.717, 1.165) is 45.6 Å². The van der Waals surface area contributed by atoms with E-state index in [1.54, 1.807) is 0 Å². The molecule has 2 fully saturated rings. The molecule has 5 nitrogen and oxygen atoms in total. The summed E-state index contributed by atoms with van der Waals surface area (Å²) in [5.74, 6) is 0.910. The molecule has 0 aliphatic carbocycles. The molecule has 5 heteroatoms. The van der Waals surface area contributed by atoms with Crippen LogP contribution in [0, 0.1) is 0 Å². The molecule has 3 heterocycles. The second kappa shape index (κ2) is 5.74. The summed E-state index contributed by atoms with van der Waals surface area (Å²) in [5.41, 5.74) is 1.25. The Morgan fingerprint density at radius 3 is 3.00 bits per heavy atom. The highest BCUT2D eigenvalue weighted by atomic mass is 16.2. The third-order valence-corrected chi connectivity index (χ3v) is 4.33. The number of rotatable bonds is 4. The minimum atomic E-state index is 0.335. The Morgan fingerprint density at radius 2 is 2.26 bits per heavy atom. The van der Waals surface area contributed by atoms with E-state index in [4.69, 9.17) is 0 Å². The molecule has 2 aliphatic rings. The van der Waals surface area contributed by atoms with Gasteiger partial charge in [-0.15, -0.1) is 0 Å². The third-order valence-electron chi connectivity index (χ3n) is 4.33. The molecular formula is C14H22N4O. The highest BCUT2D eigenvalue weighted by Crippen LogP contribution is 2.25. The number of H-pyrrole nitrogens is 1. The second-order valence-electron chi connectivity index (χ2n) is 5.64. The van der Waals surface area contributed by atoms with Gasteiger partial charge < -0.3 is 9.80 Å². The highest BCUT2D eigenvalue weighted by Gasteiger charge is 2.24. The van der Waals surface area contributed by atoms with Crippen molar-refractivity contribution in [1.82, 2.24) is 20.0 Å². The molecule has 3 rings (SSSR count). The van der Waals surface area contributed by atoms with Crippen LogP contribution in [0.2, 0.25) is 0 Å². The van der Waals surface area contributed by atoms with Crippen molar-refractivity contribution < 1.29 is 4.79 Å². The number of likely N-dealkylation sites (tertiary alicyclic amines) is 2. The predicted octanol–water partition coefficient (Wildman–Crippen LogP) is 1.21. The van der Waals surface area contributed by atoms with E-state index in [9.17, 15) is 4.79 Å². The molecule has 1 amide bonds. The largest absolute Gasteiger partial charge is 0.341 e. The van der Waals surface area contributed by atoms with Crippen LogP contribution >= 0.6 is 0 Å². The molecule has 1 aromatic rings. The van der Waals surface area contributed by atoms with Gasteiger partial charge in [0.25, 0.3) is 0 Å². The maximum Gasteiger partial charge on any atom is 0.222 e. The van der Waals surface area contributed by atoms with E-state index >= 15 is 0 Å². The van der Waals surface area contributed by atoms with Crippen molar-refractivity contribution >= 4 is 5.91 Å². The number of hydrogen-bond acceptors (Lipinski definition) is 3. The molecule has 0 unspecified atom stereocenters. The van der Waals surface area contributed by atoms with Crippen molar-refractivity contribution in [2.24, 2.45) is 0 Å². The molecule has 0 aromatic carbocycles. The zero-order valence-electron chi connectivity index (χ0n) is 11.3. The third kappa shape index (κ3) is 2.97. The normalized spacial score (nSPS) is 25.2. The van der Waals surface area contributed by atoms with E-state index in [-0.39, 0.29) is 0 Å². The number of piperidine rings is 1. The SMILES string of the molecule is O=C1CCCN1CCN1CCC[C@@H](c2ccn[nH]2)C1. The monoisotopic (exact) mass is 262 g/mol. The van der Waals surface area contributed by atoms with Gasteiger partial charge in [0.15, 0.2) is 0 Å². The van der Waals surface area contributed by atoms with Crippen molar-refractivity contribution in [2.75, 3.05) is 32.7 Å². The van der Waals surface area contributed by atoms with E-state index in [1.165, 1.54) is 18.5 Å². The molecule has 1 atom stereocenters. The lowest BCUT2D eigenvalue weighted by molar-refractivity contribution is -0.127. The summed E-state index contributed by atoms with van der Waals surface area (Å²) in [5, 5.41) is 7.14. The molecule has 2 saturated heterocycles. The van der Waals surface area contributed by atoms with Crippen LogP contribution in [-0.2, 0) is 4.79 Å². The van der Waals surface area contributed by atoms with E-state index < -0.39 is 0 Å². The fourth-order valence-electron chi connectivity index (χ4n) is 3.21. The van der Waals surface area contributed by atoms with E-state index in [0.29, 0.717) is 11.8 Å². The standard InChI is InChI=1S/C14H22N4O/c19-14-4-2-8-18(14)10-9-17-7-1-3-12(11-17)13-5-6-15-16-13/h5-6,12H,1-4,7-11H2,(H,15,16)/t12-/m1/s1. The van der Waals surface area contributed by atoms with Gasteiger partial charge in [0.2, 0.25) is 5.91 Å². The lowest BCUT2D eigenvalue weighted by Gasteiger charge is -2.33. The molecule has 104 valence electrons. The van der Waals surface area contributed by atoms with Crippen molar-refractivity contribution in [3.8, 4) is 0 Å². The van der Waals surface area contributed by atoms with Crippen LogP contribution < -0.4 is 0 Å². The molecule has 0 spiro atoms. The lowest BCUT2D eigenvalue weighted by atomic mass is 9.95. The van der Waals surface area contributed by atoms with E-state index in [1.807, 2.05) is 11.1 Å². The number of aromatic amines is 1. The summed E-state index contributed by atoms with van der Waals surface area (Å²) in [4.78, 5) is 16.1. The van der Waals surface area contributed by atoms with Gasteiger partial charge in [-0.2, -0.15) is 5.10 Å². The predicted molar refractivity (Wildman–Crippen MR) is 72.8 cm³/mol. The van der Waals surface area contributed by atoms with Crippen molar-refractivity contribution in [2.45, 2.75) is 31.6 Å². The summed E-state index contributed by atoms with van der Waals surface area (Å²) < 4.78 is 0. The van der Waals surface area contributed by atoms with Crippen LogP contribution in [0.15, 0.2) is 12.3 Å². The van der Waals surface area contributed by atoms with Gasteiger partial charge in [0.1, 0.15) is 0 Å². The average molecular weight is 262 g/mol. The van der Waals surface area contributed by atoms with Gasteiger partial charge in [0, 0.05) is 50.4 Å². The number of amides is 1. The minimum Gasteiger partial charge on any atom is -0.341 e. The molecule has 1 aromatic heterocycles. The van der Waals surface area contributed by atoms with Crippen LogP contribution in [-0.4, -0.2) is 58.6 Å². The summed E-state index contributed by atoms with van der Waals surface area (Å²) in [6.45, 7) is 5.11. The van der Waals surface area contributed by atoms with E-state index in [2.05, 4.69) is 21.2 Å². The maximum atomic E-state index is 11.6. The molecule has 2 aliphatic heterocycles. The average Bonchev–Trinajstić information content (AvgIpc) is 3.08. The lowest BCUT2D eigenvalue weighted by Crippen LogP contribution is -2.40. The van der Waals surface area contributed by atoms with Crippen LogP contribution in [0.1, 0.15) is 37.3 Å². The number of nitrogens with zero attached hydrogens (tertiary/aromatic N) is 3. The first kappa shape index (κ1) is 12.7. The molecule has 19 heavy (non-hydrogen) atoms. The Labute approximate surface area is 114 Å². The topological polar surface area (TPSA) is 52.2 Å². The van der Waals surface area contributed by atoms with Gasteiger partial charge in [-0.3, -0.25) is 9.89 Å². The van der Waals surface area contributed by atoms with Crippen LogP contribution in [0.3, 0.4) is 0 Å². The minimum absolute atomic E-state index is 0.335. The number of hydrogen-bond donors (Lipinski definition) is 1. The van der Waals surface area contributed by atoms with Gasteiger partial charge in [-0.1, -0.05) is 0 Å². The summed E-state index contributed by atoms with van der Waals surface area (Å²) in [7, 11) is 0. The van der Waals surface area contributed by atoms with Crippen LogP contribution in [0.5, 0.6) is 0 Å². The van der Waals surface area contributed by atoms with Gasteiger partial charge in [0.05, 0.1) is 0 Å². The molecule has 0 radical (unpaired) electrons. The first-order chi connectivity index (χ1) is 9.33. The second-order valence-corrected chi connectivity index (χ2v) is 5.64. The zero-order valence-corrected chi connectivity index (χ0v) is 11.3. The Hall–Kier alpha value is -1.36. The number of aromatic nitrogens is 2. The fraction of sp³-hybridized carbons (Fsp3) is 0.714. The Morgan fingerprint density at radius 1 is 1.32 bits per heavy atom. The Balaban J connectivity index is 1.50. The Bertz CT molecular complexity index is 417. The fourth-order valence-corrected chi connectivity index (χ4v) is 3.21. The number of nitrogens with one attached hydrogen (secondary N) is 1. The summed E-state index contributed by atoms with van der Waals surface area (Å²) in [6, 6.07) is 2.08. The molecule has 0 bridgehead atoms. The summed E-state index contributed by atoms with van der Waals surface area (Å²) in [6.07, 6.45) is 6.09. The zero-order chi connectivity index (χ0) is 13.1. The number of carbonyl (C=O) groups excluding carboxylic acids is 1. The smallest absolute Gasteiger partial charge is 0.222 e. The van der Waals surface area contributed by atoms with Gasteiger partial charge in [-0.25, -0.2) is 0 Å². The molecule has 1 N–H and O–H groups in total. The van der Waals surface area contributed by atoms with Crippen molar-refractivity contribution in [3.63, 3.8) is 0 Å². The van der Waals surface area contributed by atoms with Crippen LogP contribution in [0.25, 0.3) is 0 Å². The quantitative estimate of drug-likeness (QED) is 0.887. The number of carbonyl (C=O) groups is 1. The molecule has 0 saturated carbocycles. The Kier molecular flexibility index (Phi) is 3.82. The first-order valence-electron chi connectivity index (χ1n) is 7.32. The highest BCUT2D eigenvalue weighted by molar-refractivity contribution is 5.78. The molecular weight excluding hydrogens is 240 g/mol.